The van der Waals surface area contributed by atoms with Crippen molar-refractivity contribution >= 4 is 51.3 Å². The van der Waals surface area contributed by atoms with Gasteiger partial charge < -0.3 is 20.1 Å². The minimum absolute atomic E-state index is 0.0187. The summed E-state index contributed by atoms with van der Waals surface area (Å²) in [4.78, 5) is 36.4. The molecule has 1 atom stereocenters. The molecule has 43 heavy (non-hydrogen) atoms. The Bertz CT molecular complexity index is 1480. The fourth-order valence-electron chi connectivity index (χ4n) is 3.75. The third kappa shape index (κ3) is 11.6. The first kappa shape index (κ1) is 33.4. The van der Waals surface area contributed by atoms with Crippen molar-refractivity contribution in [3.63, 3.8) is 0 Å². The maximum absolute atomic E-state index is 12.7. The van der Waals surface area contributed by atoms with E-state index in [9.17, 15) is 22.8 Å². The lowest BCUT2D eigenvalue weighted by Gasteiger charge is -2.16. The number of anilines is 1. The highest BCUT2D eigenvalue weighted by molar-refractivity contribution is 7.98. The summed E-state index contributed by atoms with van der Waals surface area (Å²) in [5, 5.41) is 5.32. The Morgan fingerprint density at radius 1 is 0.953 bits per heavy atom. The molecule has 3 rings (SSSR count). The maximum Gasteiger partial charge on any atom is 0.323 e. The van der Waals surface area contributed by atoms with Crippen LogP contribution in [0.1, 0.15) is 24.0 Å². The molecule has 0 aromatic heterocycles. The average molecular weight is 626 g/mol. The molecule has 0 aliphatic carbocycles. The van der Waals surface area contributed by atoms with Gasteiger partial charge in [0.1, 0.15) is 18.4 Å². The molecule has 228 valence electrons. The van der Waals surface area contributed by atoms with Crippen LogP contribution in [0.3, 0.4) is 0 Å². The average Bonchev–Trinajstić information content (AvgIpc) is 3.02. The van der Waals surface area contributed by atoms with Crippen LogP contribution in [0.5, 0.6) is 5.75 Å². The Morgan fingerprint density at radius 3 is 2.30 bits per heavy atom. The molecule has 0 aliphatic rings. The molecule has 0 spiro atoms. The topological polar surface area (TPSA) is 140 Å². The van der Waals surface area contributed by atoms with E-state index >= 15 is 0 Å². The lowest BCUT2D eigenvalue weighted by Crippen LogP contribution is -2.41. The molecule has 2 amide bonds. The van der Waals surface area contributed by atoms with E-state index in [-0.39, 0.29) is 36.1 Å². The smallest absolute Gasteiger partial charge is 0.323 e. The third-order valence-corrected chi connectivity index (χ3v) is 8.18. The first-order chi connectivity index (χ1) is 20.7. The Kier molecular flexibility index (Phi) is 13.3. The Labute approximate surface area is 256 Å². The summed E-state index contributed by atoms with van der Waals surface area (Å²) in [5.41, 5.74) is 2.28. The summed E-state index contributed by atoms with van der Waals surface area (Å²) in [6, 6.07) is 21.7. The van der Waals surface area contributed by atoms with Crippen LogP contribution < -0.4 is 20.1 Å². The molecule has 0 radical (unpaired) electrons. The van der Waals surface area contributed by atoms with Crippen LogP contribution in [-0.2, 0) is 35.8 Å². The van der Waals surface area contributed by atoms with E-state index in [0.29, 0.717) is 18.0 Å². The van der Waals surface area contributed by atoms with Gasteiger partial charge in [-0.05, 0) is 72.0 Å². The van der Waals surface area contributed by atoms with Crippen molar-refractivity contribution < 1.29 is 32.3 Å². The summed E-state index contributed by atoms with van der Waals surface area (Å²) in [7, 11) is -2.79. The molecule has 0 bridgehead atoms. The number of carbonyl (C=O) groups excluding carboxylic acids is 3. The summed E-state index contributed by atoms with van der Waals surface area (Å²) in [6.07, 6.45) is 5.20. The van der Waals surface area contributed by atoms with Crippen LogP contribution in [0.2, 0.25) is 0 Å². The highest BCUT2D eigenvalue weighted by Crippen LogP contribution is 2.17. The predicted molar refractivity (Wildman–Crippen MR) is 168 cm³/mol. The first-order valence-corrected chi connectivity index (χ1v) is 16.3. The molecular weight excluding hydrogens is 590 g/mol. The van der Waals surface area contributed by atoms with Gasteiger partial charge in [0.05, 0.1) is 12.0 Å². The van der Waals surface area contributed by atoms with Crippen molar-refractivity contribution in [2.75, 3.05) is 31.0 Å². The lowest BCUT2D eigenvalue weighted by atomic mass is 10.2. The number of benzene rings is 3. The summed E-state index contributed by atoms with van der Waals surface area (Å²) in [6.45, 7) is 0.580. The second-order valence-electron chi connectivity index (χ2n) is 9.27. The quantitative estimate of drug-likeness (QED) is 0.160. The molecule has 0 aliphatic heterocycles. The van der Waals surface area contributed by atoms with Gasteiger partial charge in [-0.15, -0.1) is 0 Å². The number of methoxy groups -OCH3 is 1. The van der Waals surface area contributed by atoms with E-state index in [4.69, 9.17) is 9.47 Å². The number of carbonyl (C=O) groups is 3. The van der Waals surface area contributed by atoms with Crippen molar-refractivity contribution in [3.05, 3.63) is 96.1 Å². The van der Waals surface area contributed by atoms with Gasteiger partial charge in [-0.1, -0.05) is 42.5 Å². The van der Waals surface area contributed by atoms with Crippen LogP contribution in [0.25, 0.3) is 6.08 Å². The number of sulfonamides is 1. The molecule has 10 nitrogen and oxygen atoms in total. The number of hydrogen-bond acceptors (Lipinski definition) is 8. The zero-order chi connectivity index (χ0) is 31.1. The number of nitrogens with one attached hydrogen (secondary N) is 3. The molecule has 3 aromatic carbocycles. The van der Waals surface area contributed by atoms with Crippen LogP contribution >= 0.6 is 11.8 Å². The van der Waals surface area contributed by atoms with E-state index in [1.807, 2.05) is 60.9 Å². The fraction of sp³-hybridized carbons (Fsp3) is 0.258. The monoisotopic (exact) mass is 625 g/mol. The molecule has 0 fully saturated rings. The van der Waals surface area contributed by atoms with Gasteiger partial charge >= 0.3 is 5.97 Å². The standard InChI is InChI=1S/C31H35N3O7S2/c1-40-31(37)28(19-21-42-2)34-43(38,39)27-15-11-25(12-16-27)33-30(36)18-20-32-29(35)17-10-23-8-13-26(14-9-23)41-22-24-6-4-3-5-7-24/h3-17,28,34H,18-22H2,1-2H3,(H,32,35)(H,33,36)/b17-10+/t28-/m0/s1. The van der Waals surface area contributed by atoms with Gasteiger partial charge in [0, 0.05) is 24.7 Å². The fourth-order valence-corrected chi connectivity index (χ4v) is 5.44. The second kappa shape index (κ2) is 17.1. The number of thioether (sulfide) groups is 1. The van der Waals surface area contributed by atoms with Gasteiger partial charge in [-0.25, -0.2) is 8.42 Å². The van der Waals surface area contributed by atoms with Crippen LogP contribution in [-0.4, -0.2) is 57.9 Å². The zero-order valence-electron chi connectivity index (χ0n) is 23.9. The van der Waals surface area contributed by atoms with Gasteiger partial charge in [-0.2, -0.15) is 16.5 Å². The molecule has 0 unspecified atom stereocenters. The zero-order valence-corrected chi connectivity index (χ0v) is 25.6. The van der Waals surface area contributed by atoms with E-state index in [2.05, 4.69) is 15.4 Å². The van der Waals surface area contributed by atoms with Gasteiger partial charge in [0.25, 0.3) is 0 Å². The highest BCUT2D eigenvalue weighted by Gasteiger charge is 2.26. The summed E-state index contributed by atoms with van der Waals surface area (Å²) in [5.74, 6) is -0.0703. The molecule has 0 saturated heterocycles. The number of hydrogen-bond donors (Lipinski definition) is 3. The SMILES string of the molecule is COC(=O)[C@H](CCSC)NS(=O)(=O)c1ccc(NC(=O)CCNC(=O)/C=C/c2ccc(OCc3ccccc3)cc2)cc1. The van der Waals surface area contributed by atoms with Crippen molar-refractivity contribution in [2.45, 2.75) is 30.4 Å². The third-order valence-electron chi connectivity index (χ3n) is 6.05. The minimum atomic E-state index is -3.99. The van der Waals surface area contributed by atoms with Crippen LogP contribution in [0.15, 0.2) is 89.8 Å². The normalized spacial score (nSPS) is 12.0. The Balaban J connectivity index is 1.40. The Hall–Kier alpha value is -4.13. The molecular formula is C31H35N3O7S2. The van der Waals surface area contributed by atoms with Crippen molar-refractivity contribution in [1.29, 1.82) is 0 Å². The van der Waals surface area contributed by atoms with Gasteiger partial charge in [0.15, 0.2) is 0 Å². The van der Waals surface area contributed by atoms with E-state index < -0.39 is 22.0 Å². The molecule has 0 saturated carbocycles. The number of ether oxygens (including phenoxy) is 2. The van der Waals surface area contributed by atoms with E-state index in [1.165, 1.54) is 49.2 Å². The van der Waals surface area contributed by atoms with Crippen molar-refractivity contribution in [2.24, 2.45) is 0 Å². The molecule has 12 heteroatoms. The first-order valence-electron chi connectivity index (χ1n) is 13.4. The van der Waals surface area contributed by atoms with Crippen molar-refractivity contribution in [1.82, 2.24) is 10.0 Å². The number of esters is 1. The lowest BCUT2D eigenvalue weighted by molar-refractivity contribution is -0.142. The van der Waals surface area contributed by atoms with Gasteiger partial charge in [-0.3, -0.25) is 14.4 Å². The second-order valence-corrected chi connectivity index (χ2v) is 12.0. The molecule has 3 N–H and O–H groups in total. The number of rotatable bonds is 16. The molecule has 0 heterocycles. The summed E-state index contributed by atoms with van der Waals surface area (Å²) < 4.78 is 38.3. The van der Waals surface area contributed by atoms with E-state index in [0.717, 1.165) is 16.9 Å². The van der Waals surface area contributed by atoms with Gasteiger partial charge in [0.2, 0.25) is 21.8 Å². The largest absolute Gasteiger partial charge is 0.489 e. The predicted octanol–water partition coefficient (Wildman–Crippen LogP) is 4.00. The van der Waals surface area contributed by atoms with E-state index in [1.54, 1.807) is 6.08 Å². The van der Waals surface area contributed by atoms with Crippen LogP contribution in [0, 0.1) is 0 Å². The highest BCUT2D eigenvalue weighted by atomic mass is 32.2. The summed E-state index contributed by atoms with van der Waals surface area (Å²) >= 11 is 1.48. The maximum atomic E-state index is 12.7. The number of amides is 2. The molecule has 3 aromatic rings. The van der Waals surface area contributed by atoms with Crippen molar-refractivity contribution in [3.8, 4) is 5.75 Å². The Morgan fingerprint density at radius 2 is 1.65 bits per heavy atom. The van der Waals surface area contributed by atoms with Crippen LogP contribution in [0.4, 0.5) is 5.69 Å². The minimum Gasteiger partial charge on any atom is -0.489 e.